The molecule has 0 aromatic carbocycles. The van der Waals surface area contributed by atoms with Gasteiger partial charge in [-0.15, -0.1) is 0 Å². The van der Waals surface area contributed by atoms with Crippen LogP contribution in [0.3, 0.4) is 0 Å². The molecule has 0 bridgehead atoms. The van der Waals surface area contributed by atoms with Gasteiger partial charge >= 0.3 is 0 Å². The summed E-state index contributed by atoms with van der Waals surface area (Å²) in [6.07, 6.45) is -0.744. The third-order valence-corrected chi connectivity index (χ3v) is 14.2. The fraction of sp³-hybridized carbons (Fsp3) is 0.944. The van der Waals surface area contributed by atoms with Gasteiger partial charge in [-0.3, -0.25) is 0 Å². The lowest BCUT2D eigenvalue weighted by atomic mass is 9.34. The zero-order chi connectivity index (χ0) is 34.4. The molecule has 0 aromatic rings. The Morgan fingerprint density at radius 1 is 0.870 bits per heavy atom. The predicted molar refractivity (Wildman–Crippen MR) is 171 cm³/mol. The van der Waals surface area contributed by atoms with Crippen molar-refractivity contribution in [2.24, 2.45) is 45.3 Å². The third-order valence-electron chi connectivity index (χ3n) is 14.2. The van der Waals surface area contributed by atoms with Gasteiger partial charge in [0.25, 0.3) is 0 Å². The van der Waals surface area contributed by atoms with Crippen molar-refractivity contribution in [1.82, 2.24) is 0 Å². The summed E-state index contributed by atoms with van der Waals surface area (Å²) in [5.74, 6) is -0.516. The van der Waals surface area contributed by atoms with E-state index in [1.54, 1.807) is 26.8 Å². The van der Waals surface area contributed by atoms with E-state index < -0.39 is 72.2 Å². The Labute approximate surface area is 274 Å². The van der Waals surface area contributed by atoms with E-state index >= 15 is 0 Å². The smallest absolute Gasteiger partial charge is 0.186 e. The van der Waals surface area contributed by atoms with Gasteiger partial charge in [0, 0.05) is 0 Å². The molecule has 0 unspecified atom stereocenters. The summed E-state index contributed by atoms with van der Waals surface area (Å²) in [4.78, 5) is 0. The molecule has 0 aromatic heterocycles. The van der Waals surface area contributed by atoms with E-state index in [1.165, 1.54) is 0 Å². The van der Waals surface area contributed by atoms with Crippen molar-refractivity contribution in [3.8, 4) is 0 Å². The van der Waals surface area contributed by atoms with Gasteiger partial charge < -0.3 is 50.3 Å². The lowest BCUT2D eigenvalue weighted by Crippen LogP contribution is -2.71. The molecule has 10 nitrogen and oxygen atoms in total. The molecule has 5 fully saturated rings. The zero-order valence-corrected chi connectivity index (χ0v) is 29.1. The second-order valence-corrected chi connectivity index (χ2v) is 17.9. The largest absolute Gasteiger partial charge is 0.394 e. The van der Waals surface area contributed by atoms with Gasteiger partial charge in [0.15, 0.2) is 6.29 Å². The van der Waals surface area contributed by atoms with E-state index in [4.69, 9.17) is 9.47 Å². The first-order chi connectivity index (χ1) is 21.0. The molecule has 0 amide bonds. The minimum atomic E-state index is -1.56. The van der Waals surface area contributed by atoms with Crippen LogP contribution in [0.2, 0.25) is 0 Å². The summed E-state index contributed by atoms with van der Waals surface area (Å²) in [6.45, 7) is 15.6. The van der Waals surface area contributed by atoms with Gasteiger partial charge in [-0.25, -0.2) is 0 Å². The minimum absolute atomic E-state index is 0.0807. The number of hydrogen-bond acceptors (Lipinski definition) is 10. The van der Waals surface area contributed by atoms with E-state index in [0.717, 1.165) is 19.3 Å². The summed E-state index contributed by atoms with van der Waals surface area (Å²) in [6, 6.07) is 0. The quantitative estimate of drug-likeness (QED) is 0.150. The number of aliphatic hydroxyl groups excluding tert-OH is 6. The fourth-order valence-electron chi connectivity index (χ4n) is 11.7. The highest BCUT2D eigenvalue weighted by Crippen LogP contribution is 2.76. The number of aliphatic hydroxyl groups is 8. The van der Waals surface area contributed by atoms with Gasteiger partial charge in [0.1, 0.15) is 24.4 Å². The first-order valence-corrected chi connectivity index (χ1v) is 17.5. The standard InChI is InChI=1S/C36H62O10/c1-31(2,43)12-9-13-36(8,44)19-10-15-34(6)25(19)20(38)16-23-33(5)14-11-24(39)32(3,4)29(33)21(17-35(23,34)7)45-30-28(42)27(41)26(40)22(18-37)46-30/h9,13,19-30,37-44H,10-12,14-18H2,1-8H3/b13-9+/t19-,20+,21-,22+,23+,24-,25-,26+,27-,28+,29+,30-,33+,34+,35+,36-/m0/s1. The predicted octanol–water partition coefficient (Wildman–Crippen LogP) is 2.27. The number of rotatable bonds is 7. The Bertz CT molecular complexity index is 1130. The molecule has 5 aliphatic rings. The van der Waals surface area contributed by atoms with Crippen LogP contribution in [0.25, 0.3) is 0 Å². The summed E-state index contributed by atoms with van der Waals surface area (Å²) < 4.78 is 12.6. The van der Waals surface area contributed by atoms with Crippen molar-refractivity contribution in [1.29, 1.82) is 0 Å². The molecular weight excluding hydrogens is 592 g/mol. The van der Waals surface area contributed by atoms with Gasteiger partial charge in [-0.1, -0.05) is 46.8 Å². The fourth-order valence-corrected chi connectivity index (χ4v) is 11.7. The monoisotopic (exact) mass is 654 g/mol. The maximum atomic E-state index is 12.1. The van der Waals surface area contributed by atoms with Crippen LogP contribution < -0.4 is 0 Å². The van der Waals surface area contributed by atoms with E-state index in [0.29, 0.717) is 25.7 Å². The Balaban J connectivity index is 1.54. The van der Waals surface area contributed by atoms with Crippen LogP contribution in [0.5, 0.6) is 0 Å². The molecule has 8 N–H and O–H groups in total. The molecule has 266 valence electrons. The van der Waals surface area contributed by atoms with Crippen molar-refractivity contribution >= 4 is 0 Å². The van der Waals surface area contributed by atoms with Gasteiger partial charge in [-0.2, -0.15) is 0 Å². The molecule has 4 saturated carbocycles. The van der Waals surface area contributed by atoms with Crippen LogP contribution in [0.1, 0.15) is 100 Å². The zero-order valence-electron chi connectivity index (χ0n) is 29.1. The van der Waals surface area contributed by atoms with Crippen LogP contribution in [0, 0.1) is 45.3 Å². The Hall–Kier alpha value is -0.660. The maximum Gasteiger partial charge on any atom is 0.186 e. The second-order valence-electron chi connectivity index (χ2n) is 17.9. The molecule has 46 heavy (non-hydrogen) atoms. The summed E-state index contributed by atoms with van der Waals surface area (Å²) >= 11 is 0. The molecule has 1 saturated heterocycles. The topological polar surface area (TPSA) is 180 Å². The van der Waals surface area contributed by atoms with Crippen molar-refractivity contribution < 1.29 is 50.3 Å². The van der Waals surface area contributed by atoms with Crippen molar-refractivity contribution in [3.63, 3.8) is 0 Å². The lowest BCUT2D eigenvalue weighted by Gasteiger charge is -2.72. The molecule has 4 aliphatic carbocycles. The van der Waals surface area contributed by atoms with E-state index in [2.05, 4.69) is 34.6 Å². The number of hydrogen-bond donors (Lipinski definition) is 8. The first-order valence-electron chi connectivity index (χ1n) is 17.5. The lowest BCUT2D eigenvalue weighted by molar-refractivity contribution is -0.346. The van der Waals surface area contributed by atoms with Crippen LogP contribution in [-0.2, 0) is 9.47 Å². The first kappa shape index (κ1) is 36.6. The maximum absolute atomic E-state index is 12.1. The number of ether oxygens (including phenoxy) is 2. The molecule has 0 radical (unpaired) electrons. The molecule has 1 aliphatic heterocycles. The van der Waals surface area contributed by atoms with Crippen molar-refractivity contribution in [2.75, 3.05) is 6.61 Å². The SMILES string of the molecule is CC(C)(O)C/C=C/[C@](C)(O)[C@H]1CC[C@]2(C)[C@@H]1[C@H](O)C[C@@H]1[C@@]3(C)CC[C@H](O)C(C)(C)[C@H]3[C@@H](O[C@H]3O[C@H](CO)[C@@H](O)[C@H](O)[C@H]3O)C[C@]12C. The highest BCUT2D eigenvalue weighted by Gasteiger charge is 2.73. The van der Waals surface area contributed by atoms with Crippen molar-refractivity contribution in [3.05, 3.63) is 12.2 Å². The Morgan fingerprint density at radius 2 is 1.52 bits per heavy atom. The van der Waals surface area contributed by atoms with E-state index in [9.17, 15) is 40.9 Å². The normalized spacial score (nSPS) is 52.1. The highest BCUT2D eigenvalue weighted by atomic mass is 16.7. The molecule has 10 heteroatoms. The Morgan fingerprint density at radius 3 is 2.13 bits per heavy atom. The van der Waals surface area contributed by atoms with Crippen LogP contribution in [0.15, 0.2) is 12.2 Å². The van der Waals surface area contributed by atoms with E-state index in [1.807, 2.05) is 6.08 Å². The van der Waals surface area contributed by atoms with Crippen LogP contribution in [-0.4, -0.2) is 108 Å². The summed E-state index contributed by atoms with van der Waals surface area (Å²) in [7, 11) is 0. The average Bonchev–Trinajstić information content (AvgIpc) is 3.32. The number of fused-ring (bicyclic) bond motifs is 5. The molecule has 0 spiro atoms. The average molecular weight is 655 g/mol. The second kappa shape index (κ2) is 12.0. The third kappa shape index (κ3) is 5.64. The van der Waals surface area contributed by atoms with Crippen LogP contribution in [0.4, 0.5) is 0 Å². The molecule has 16 atom stereocenters. The molecule has 5 rings (SSSR count). The molecule has 1 heterocycles. The van der Waals surface area contributed by atoms with Gasteiger partial charge in [0.2, 0.25) is 0 Å². The summed E-state index contributed by atoms with van der Waals surface area (Å²) in [5, 5.41) is 87.3. The molecular formula is C36H62O10. The van der Waals surface area contributed by atoms with Gasteiger partial charge in [-0.05, 0) is 111 Å². The van der Waals surface area contributed by atoms with Gasteiger partial charge in [0.05, 0.1) is 36.1 Å². The van der Waals surface area contributed by atoms with Crippen molar-refractivity contribution in [2.45, 2.75) is 161 Å². The van der Waals surface area contributed by atoms with Crippen LogP contribution >= 0.6 is 0 Å². The Kier molecular flexibility index (Phi) is 9.55. The van der Waals surface area contributed by atoms with E-state index in [-0.39, 0.29) is 39.9 Å². The highest BCUT2D eigenvalue weighted by molar-refractivity contribution is 5.23. The summed E-state index contributed by atoms with van der Waals surface area (Å²) in [5.41, 5.74) is -3.80. The minimum Gasteiger partial charge on any atom is -0.394 e.